The van der Waals surface area contributed by atoms with Gasteiger partial charge in [0.2, 0.25) is 0 Å². The first-order chi connectivity index (χ1) is 11.3. The number of carbonyl (C=O) groups is 1. The van der Waals surface area contributed by atoms with Crippen molar-refractivity contribution in [1.29, 1.82) is 0 Å². The SMILES string of the molecule is Cn1cc([C@@H]2CN(C(=O)C(F)(F)C3(O)CCCC3)C[C@H]2CO)cn1. The minimum absolute atomic E-state index is 0.0561. The summed E-state index contributed by atoms with van der Waals surface area (Å²) in [6.07, 6.45) is 4.27. The molecule has 1 aromatic heterocycles. The number of aliphatic hydroxyl groups excluding tert-OH is 1. The molecule has 2 aliphatic rings. The first kappa shape index (κ1) is 17.3. The van der Waals surface area contributed by atoms with Crippen molar-refractivity contribution in [2.75, 3.05) is 19.7 Å². The molecule has 1 aromatic rings. The van der Waals surface area contributed by atoms with E-state index in [4.69, 9.17) is 0 Å². The molecule has 0 aromatic carbocycles. The first-order valence-corrected chi connectivity index (χ1v) is 8.27. The predicted octanol–water partition coefficient (Wildman–Crippen LogP) is 0.895. The zero-order valence-electron chi connectivity index (χ0n) is 13.7. The smallest absolute Gasteiger partial charge is 0.352 e. The molecular formula is C16H23F2N3O3. The second-order valence-corrected chi connectivity index (χ2v) is 7.02. The van der Waals surface area contributed by atoms with Crippen molar-refractivity contribution < 1.29 is 23.8 Å². The highest BCUT2D eigenvalue weighted by atomic mass is 19.3. The molecule has 2 fully saturated rings. The van der Waals surface area contributed by atoms with Gasteiger partial charge >= 0.3 is 5.92 Å². The van der Waals surface area contributed by atoms with Crippen molar-refractivity contribution >= 4 is 5.91 Å². The Labute approximate surface area is 139 Å². The third kappa shape index (κ3) is 2.71. The van der Waals surface area contributed by atoms with Gasteiger partial charge in [0.05, 0.1) is 6.20 Å². The summed E-state index contributed by atoms with van der Waals surface area (Å²) in [5, 5.41) is 23.8. The Bertz CT molecular complexity index is 613. The van der Waals surface area contributed by atoms with Gasteiger partial charge in [-0.1, -0.05) is 12.8 Å². The Morgan fingerprint density at radius 3 is 2.62 bits per heavy atom. The first-order valence-electron chi connectivity index (χ1n) is 8.27. The van der Waals surface area contributed by atoms with E-state index in [-0.39, 0.29) is 44.4 Å². The number of aromatic nitrogens is 2. The number of aliphatic hydroxyl groups is 2. The van der Waals surface area contributed by atoms with Gasteiger partial charge in [0.15, 0.2) is 0 Å². The molecule has 134 valence electrons. The Kier molecular flexibility index (Phi) is 4.37. The van der Waals surface area contributed by atoms with Crippen LogP contribution >= 0.6 is 0 Å². The Balaban J connectivity index is 1.79. The van der Waals surface area contributed by atoms with E-state index in [9.17, 15) is 23.8 Å². The Morgan fingerprint density at radius 1 is 1.42 bits per heavy atom. The van der Waals surface area contributed by atoms with E-state index < -0.39 is 17.4 Å². The summed E-state index contributed by atoms with van der Waals surface area (Å²) < 4.78 is 30.8. The second-order valence-electron chi connectivity index (χ2n) is 7.02. The van der Waals surface area contributed by atoms with Gasteiger partial charge in [-0.05, 0) is 18.4 Å². The average Bonchev–Trinajstić information content (AvgIpc) is 3.25. The van der Waals surface area contributed by atoms with E-state index in [1.54, 1.807) is 24.1 Å². The topological polar surface area (TPSA) is 78.6 Å². The molecule has 0 unspecified atom stereocenters. The molecule has 1 saturated carbocycles. The van der Waals surface area contributed by atoms with Crippen LogP contribution in [0.5, 0.6) is 0 Å². The highest BCUT2D eigenvalue weighted by Crippen LogP contribution is 2.44. The molecule has 2 heterocycles. The fraction of sp³-hybridized carbons (Fsp3) is 0.750. The number of hydrogen-bond donors (Lipinski definition) is 2. The molecule has 0 spiro atoms. The molecule has 1 aliphatic heterocycles. The van der Waals surface area contributed by atoms with Crippen LogP contribution in [0.15, 0.2) is 12.4 Å². The monoisotopic (exact) mass is 343 g/mol. The summed E-state index contributed by atoms with van der Waals surface area (Å²) >= 11 is 0. The van der Waals surface area contributed by atoms with E-state index in [2.05, 4.69) is 5.10 Å². The van der Waals surface area contributed by atoms with Crippen LogP contribution in [-0.2, 0) is 11.8 Å². The maximum Gasteiger partial charge on any atom is 0.352 e. The standard InChI is InChI=1S/C16H23F2N3O3/c1-20-7-11(6-19-20)13-9-21(8-12(13)10-22)14(23)16(17,18)15(24)4-2-3-5-15/h6-7,12-13,22,24H,2-5,8-10H2,1H3/t12-,13-/m0/s1. The molecular weight excluding hydrogens is 320 g/mol. The predicted molar refractivity (Wildman–Crippen MR) is 81.5 cm³/mol. The fourth-order valence-electron chi connectivity index (χ4n) is 3.90. The number of amides is 1. The van der Waals surface area contributed by atoms with Gasteiger partial charge in [0.25, 0.3) is 5.91 Å². The van der Waals surface area contributed by atoms with Crippen LogP contribution in [0, 0.1) is 5.92 Å². The van der Waals surface area contributed by atoms with Gasteiger partial charge in [-0.3, -0.25) is 9.48 Å². The molecule has 1 saturated heterocycles. The van der Waals surface area contributed by atoms with Gasteiger partial charge in [0.1, 0.15) is 5.60 Å². The van der Waals surface area contributed by atoms with Crippen molar-refractivity contribution in [3.8, 4) is 0 Å². The Hall–Kier alpha value is -1.54. The largest absolute Gasteiger partial charge is 0.396 e. The van der Waals surface area contributed by atoms with Gasteiger partial charge in [-0.25, -0.2) is 0 Å². The number of hydrogen-bond acceptors (Lipinski definition) is 4. The summed E-state index contributed by atoms with van der Waals surface area (Å²) in [5.41, 5.74) is -1.43. The highest BCUT2D eigenvalue weighted by molar-refractivity contribution is 5.85. The quantitative estimate of drug-likeness (QED) is 0.851. The molecule has 2 atom stereocenters. The van der Waals surface area contributed by atoms with E-state index in [0.29, 0.717) is 12.8 Å². The lowest BCUT2D eigenvalue weighted by Gasteiger charge is -2.33. The summed E-state index contributed by atoms with van der Waals surface area (Å²) in [4.78, 5) is 13.5. The zero-order chi connectivity index (χ0) is 17.5. The van der Waals surface area contributed by atoms with Gasteiger partial charge in [-0.15, -0.1) is 0 Å². The Morgan fingerprint density at radius 2 is 2.08 bits per heavy atom. The molecule has 0 radical (unpaired) electrons. The van der Waals surface area contributed by atoms with Crippen molar-refractivity contribution in [2.45, 2.75) is 43.1 Å². The molecule has 2 N–H and O–H groups in total. The summed E-state index contributed by atoms with van der Waals surface area (Å²) in [7, 11) is 1.75. The van der Waals surface area contributed by atoms with Crippen LogP contribution in [0.25, 0.3) is 0 Å². The number of carbonyl (C=O) groups excluding carboxylic acids is 1. The van der Waals surface area contributed by atoms with E-state index in [0.717, 1.165) is 10.5 Å². The third-order valence-corrected chi connectivity index (χ3v) is 5.40. The number of nitrogens with zero attached hydrogens (tertiary/aromatic N) is 3. The van der Waals surface area contributed by atoms with E-state index >= 15 is 0 Å². The van der Waals surface area contributed by atoms with Gasteiger partial charge in [0, 0.05) is 44.8 Å². The van der Waals surface area contributed by atoms with Crippen molar-refractivity contribution in [3.05, 3.63) is 18.0 Å². The molecule has 1 aliphatic carbocycles. The maximum absolute atomic E-state index is 14.6. The fourth-order valence-corrected chi connectivity index (χ4v) is 3.90. The van der Waals surface area contributed by atoms with Crippen LogP contribution in [0.3, 0.4) is 0 Å². The van der Waals surface area contributed by atoms with Crippen LogP contribution in [-0.4, -0.2) is 62.0 Å². The van der Waals surface area contributed by atoms with Crippen LogP contribution in [0.1, 0.15) is 37.2 Å². The number of likely N-dealkylation sites (tertiary alicyclic amines) is 1. The summed E-state index contributed by atoms with van der Waals surface area (Å²) in [6, 6.07) is 0. The molecule has 8 heteroatoms. The molecule has 3 rings (SSSR count). The second kappa shape index (κ2) is 6.07. The number of alkyl halides is 2. The molecule has 0 bridgehead atoms. The van der Waals surface area contributed by atoms with Crippen molar-refractivity contribution in [2.24, 2.45) is 13.0 Å². The zero-order valence-corrected chi connectivity index (χ0v) is 13.7. The lowest BCUT2D eigenvalue weighted by atomic mass is 9.92. The van der Waals surface area contributed by atoms with E-state index in [1.165, 1.54) is 0 Å². The number of rotatable bonds is 4. The van der Waals surface area contributed by atoms with Crippen LogP contribution in [0.2, 0.25) is 0 Å². The summed E-state index contributed by atoms with van der Waals surface area (Å²) in [5.74, 6) is -5.68. The van der Waals surface area contributed by atoms with Crippen molar-refractivity contribution in [3.63, 3.8) is 0 Å². The van der Waals surface area contributed by atoms with Gasteiger partial charge in [-0.2, -0.15) is 13.9 Å². The van der Waals surface area contributed by atoms with Crippen molar-refractivity contribution in [1.82, 2.24) is 14.7 Å². The van der Waals surface area contributed by atoms with E-state index in [1.807, 2.05) is 0 Å². The summed E-state index contributed by atoms with van der Waals surface area (Å²) in [6.45, 7) is -0.0405. The van der Waals surface area contributed by atoms with Gasteiger partial charge < -0.3 is 15.1 Å². The minimum Gasteiger partial charge on any atom is -0.396 e. The normalized spacial score (nSPS) is 27.0. The lowest BCUT2D eigenvalue weighted by Crippen LogP contribution is -2.56. The maximum atomic E-state index is 14.6. The molecule has 24 heavy (non-hydrogen) atoms. The van der Waals surface area contributed by atoms with Crippen LogP contribution < -0.4 is 0 Å². The number of aryl methyl sites for hydroxylation is 1. The highest BCUT2D eigenvalue weighted by Gasteiger charge is 2.61. The minimum atomic E-state index is -3.80. The third-order valence-electron chi connectivity index (χ3n) is 5.40. The average molecular weight is 343 g/mol. The lowest BCUT2D eigenvalue weighted by molar-refractivity contribution is -0.199. The molecule has 6 nitrogen and oxygen atoms in total. The van der Waals surface area contributed by atoms with Crippen LogP contribution in [0.4, 0.5) is 8.78 Å². The molecule has 1 amide bonds. The number of halogens is 2.